The van der Waals surface area contributed by atoms with Crippen molar-refractivity contribution in [2.24, 2.45) is 0 Å². The first kappa shape index (κ1) is 48.8. The predicted molar refractivity (Wildman–Crippen MR) is 287 cm³/mol. The molecule has 2 aromatic heterocycles. The van der Waals surface area contributed by atoms with Crippen molar-refractivity contribution in [2.45, 2.75) is 124 Å². The Morgan fingerprint density at radius 2 is 1.21 bits per heavy atom. The van der Waals surface area contributed by atoms with Gasteiger partial charge in [0, 0.05) is 41.4 Å². The van der Waals surface area contributed by atoms with E-state index in [1.165, 1.54) is 38.4 Å². The van der Waals surface area contributed by atoms with E-state index in [9.17, 15) is 0 Å². The minimum atomic E-state index is -1.59. The van der Waals surface area contributed by atoms with Gasteiger partial charge < -0.3 is 9.30 Å². The summed E-state index contributed by atoms with van der Waals surface area (Å²) in [6.07, 6.45) is 1.92. The third kappa shape index (κ3) is 9.41. The molecular weight excluding hydrogens is 1030 g/mol. The van der Waals surface area contributed by atoms with Crippen LogP contribution < -0.4 is 19.1 Å². The second kappa shape index (κ2) is 17.4. The molecule has 7 heteroatoms. The minimum Gasteiger partial charge on any atom is -0.509 e. The number of ether oxygens (including phenoxy) is 1. The van der Waals surface area contributed by atoms with Gasteiger partial charge in [-0.1, -0.05) is 179 Å². The van der Waals surface area contributed by atoms with Crippen molar-refractivity contribution >= 4 is 63.8 Å². The van der Waals surface area contributed by atoms with Gasteiger partial charge in [0.25, 0.3) is 5.69 Å². The van der Waals surface area contributed by atoms with Crippen LogP contribution >= 0.6 is 0 Å². The van der Waals surface area contributed by atoms with Crippen molar-refractivity contribution in [1.82, 2.24) is 18.7 Å². The third-order valence-corrected chi connectivity index (χ3v) is 15.2. The van der Waals surface area contributed by atoms with E-state index in [4.69, 9.17) is 9.72 Å². The Labute approximate surface area is 420 Å². The summed E-state index contributed by atoms with van der Waals surface area (Å²) in [5, 5.41) is 3.70. The summed E-state index contributed by atoms with van der Waals surface area (Å²) in [6, 6.07) is 55.5. The van der Waals surface area contributed by atoms with Crippen molar-refractivity contribution in [1.29, 1.82) is 0 Å². The topological polar surface area (TPSA) is 33.1 Å². The van der Waals surface area contributed by atoms with Crippen LogP contribution in [0.25, 0.3) is 38.8 Å². The third-order valence-electron chi connectivity index (χ3n) is 13.2. The molecule has 0 bridgehead atoms. The molecule has 0 spiro atoms. The first-order chi connectivity index (χ1) is 31.3. The molecule has 0 fully saturated rings. The maximum Gasteiger partial charge on any atom is 2.00 e. The van der Waals surface area contributed by atoms with Gasteiger partial charge in [-0.3, -0.25) is 0 Å². The van der Waals surface area contributed by atoms with Crippen molar-refractivity contribution < 1.29 is 25.8 Å². The molecule has 3 heterocycles. The number of aromatic nitrogens is 2. The summed E-state index contributed by atoms with van der Waals surface area (Å²) >= 11 is 0. The quantitative estimate of drug-likeness (QED) is 0.0905. The summed E-state index contributed by atoms with van der Waals surface area (Å²) in [5.41, 5.74) is 13.3. The van der Waals surface area contributed by atoms with Crippen LogP contribution in [0.3, 0.4) is 0 Å². The zero-order valence-electron chi connectivity index (χ0n) is 42.6. The summed E-state index contributed by atoms with van der Waals surface area (Å²) in [6.45, 7) is 34.5. The van der Waals surface area contributed by atoms with Crippen LogP contribution in [-0.2, 0) is 42.7 Å². The van der Waals surface area contributed by atoms with Crippen LogP contribution in [-0.4, -0.2) is 23.6 Å². The van der Waals surface area contributed by atoms with E-state index in [2.05, 4.69) is 238 Å². The number of benzene rings is 6. The van der Waals surface area contributed by atoms with Crippen LogP contribution in [0.4, 0.5) is 22.7 Å². The molecule has 0 atom stereocenters. The van der Waals surface area contributed by atoms with Crippen LogP contribution in [0, 0.1) is 12.1 Å². The number of nitrogens with zero attached hydrogens (tertiary/aromatic N) is 4. The minimum absolute atomic E-state index is 0. The van der Waals surface area contributed by atoms with E-state index < -0.39 is 8.07 Å². The number of hydrogen-bond donors (Lipinski definition) is 0. The second-order valence-electron chi connectivity index (χ2n) is 23.6. The van der Waals surface area contributed by atoms with E-state index in [0.29, 0.717) is 11.5 Å². The fourth-order valence-electron chi connectivity index (χ4n) is 8.95. The molecule has 5 nitrogen and oxygen atoms in total. The van der Waals surface area contributed by atoms with Gasteiger partial charge in [-0.05, 0) is 83.7 Å². The number of rotatable bonds is 7. The molecular formula is C61H66N4OPtSi+2. The monoisotopic (exact) mass is 1090 g/mol. The summed E-state index contributed by atoms with van der Waals surface area (Å²) in [4.78, 5) is 4.94. The number of pyridine rings is 1. The Morgan fingerprint density at radius 1 is 0.574 bits per heavy atom. The normalized spacial score (nSPS) is 13.3. The van der Waals surface area contributed by atoms with Crippen molar-refractivity contribution in [3.8, 4) is 28.4 Å². The molecule has 9 rings (SSSR count). The van der Waals surface area contributed by atoms with Crippen molar-refractivity contribution in [2.75, 3.05) is 0 Å². The average molecular weight is 1090 g/mol. The van der Waals surface area contributed by atoms with Crippen LogP contribution in [0.15, 0.2) is 128 Å². The smallest absolute Gasteiger partial charge is 0.509 e. The largest absolute Gasteiger partial charge is 2.00 e. The molecule has 0 amide bonds. The first-order valence-electron chi connectivity index (χ1n) is 23.8. The molecule has 0 radical (unpaired) electrons. The Hall–Kier alpha value is -5.64. The fraction of sp³-hybridized carbons (Fsp3) is 0.311. The maximum absolute atomic E-state index is 6.76. The van der Waals surface area contributed by atoms with Crippen molar-refractivity contribution in [3.63, 3.8) is 0 Å². The SMILES string of the molecule is CC(C)(C)c1cc([N+]2=C=[N+](c3[c-]c(Oc4[c-]c5c(cc4)c4cc(C(C)(C)C)ccc4n5-c4cc(C(C)(C)C)ccn4)ccc3)c3cccc(-c4cccc([Si](C)(C)C)c4)c32)cc(C(C)(C)C)c1.[Pt+2]. The van der Waals surface area contributed by atoms with Gasteiger partial charge in [0.1, 0.15) is 11.5 Å². The Bertz CT molecular complexity index is 3300. The van der Waals surface area contributed by atoms with E-state index in [-0.39, 0.29) is 42.7 Å². The van der Waals surface area contributed by atoms with Gasteiger partial charge in [-0.2, -0.15) is 12.1 Å². The zero-order chi connectivity index (χ0) is 48.0. The van der Waals surface area contributed by atoms with E-state index in [1.807, 2.05) is 24.4 Å². The Balaban J connectivity index is 0.00000625. The van der Waals surface area contributed by atoms with Crippen LogP contribution in [0.2, 0.25) is 19.6 Å². The molecule has 68 heavy (non-hydrogen) atoms. The zero-order valence-corrected chi connectivity index (χ0v) is 45.9. The predicted octanol–water partition coefficient (Wildman–Crippen LogP) is 15.8. The van der Waals surface area contributed by atoms with Gasteiger partial charge in [0.05, 0.1) is 13.6 Å². The van der Waals surface area contributed by atoms with Crippen LogP contribution in [0.5, 0.6) is 11.5 Å². The molecule has 1 aliphatic rings. The molecule has 8 aromatic rings. The average Bonchev–Trinajstić information content (AvgIpc) is 3.81. The first-order valence-corrected chi connectivity index (χ1v) is 27.3. The Kier molecular flexibility index (Phi) is 12.5. The molecule has 0 unspecified atom stereocenters. The van der Waals surface area contributed by atoms with Gasteiger partial charge >= 0.3 is 32.8 Å². The number of fused-ring (bicyclic) bond motifs is 4. The molecule has 0 saturated carbocycles. The van der Waals surface area contributed by atoms with Crippen molar-refractivity contribution in [3.05, 3.63) is 162 Å². The summed E-state index contributed by atoms with van der Waals surface area (Å²) < 4.78 is 13.4. The summed E-state index contributed by atoms with van der Waals surface area (Å²) in [5.74, 6) is 2.04. The molecule has 0 aliphatic carbocycles. The van der Waals surface area contributed by atoms with Crippen LogP contribution in [0.1, 0.15) is 105 Å². The maximum atomic E-state index is 6.76. The second-order valence-corrected chi connectivity index (χ2v) is 28.7. The standard InChI is InChI=1S/C61H66N4OSi.Pt/c1-58(2,3)41-25-28-53-52(35-41)51-27-26-48(38-55(51)65(53)56-36-42(29-30-62-56)59(4,5)6)66-47-21-17-20-45(37-47)63-39-64(46-33-43(60(7,8)9)32-44(34-46)61(10,11)12)57-50(23-18-24-54(57)63)40-19-16-22-49(31-40)67(13,14)15;/h16-36H,1-15H3;/q;+2. The van der Waals surface area contributed by atoms with Gasteiger partial charge in [-0.25, -0.2) is 4.98 Å². The molecule has 0 N–H and O–H groups in total. The molecule has 0 saturated heterocycles. The van der Waals surface area contributed by atoms with Gasteiger partial charge in [-0.15, -0.1) is 23.6 Å². The Morgan fingerprint density at radius 3 is 1.87 bits per heavy atom. The molecule has 1 aliphatic heterocycles. The molecule has 348 valence electrons. The van der Waals surface area contributed by atoms with Gasteiger partial charge in [0.15, 0.2) is 0 Å². The summed E-state index contributed by atoms with van der Waals surface area (Å²) in [7, 11) is -1.59. The number of para-hydroxylation sites is 1. The van der Waals surface area contributed by atoms with Gasteiger partial charge in [0.2, 0.25) is 5.69 Å². The fourth-order valence-corrected chi connectivity index (χ4v) is 10.1. The van der Waals surface area contributed by atoms with E-state index in [1.54, 1.807) is 0 Å². The van der Waals surface area contributed by atoms with E-state index in [0.717, 1.165) is 50.6 Å². The van der Waals surface area contributed by atoms with E-state index >= 15 is 0 Å². The number of hydrogen-bond acceptors (Lipinski definition) is 2. The molecule has 6 aromatic carbocycles.